The number of benzene rings is 2. The Morgan fingerprint density at radius 2 is 1.60 bits per heavy atom. The van der Waals surface area contributed by atoms with E-state index in [2.05, 4.69) is 0 Å². The van der Waals surface area contributed by atoms with Crippen molar-refractivity contribution in [3.8, 4) is 5.75 Å². The molecule has 3 aliphatic heterocycles. The van der Waals surface area contributed by atoms with Gasteiger partial charge in [-0.15, -0.1) is 0 Å². The molecular weight excluding hydrogens is 481 g/mol. The number of ether oxygens (including phenoxy) is 5. The van der Waals surface area contributed by atoms with E-state index >= 15 is 0 Å². The zero-order valence-electron chi connectivity index (χ0n) is 20.2. The topological polar surface area (TPSA) is 72.5 Å². The van der Waals surface area contributed by atoms with Crippen molar-refractivity contribution in [2.75, 3.05) is 6.61 Å². The van der Waals surface area contributed by atoms with Gasteiger partial charge in [-0.1, -0.05) is 18.2 Å². The van der Waals surface area contributed by atoms with Crippen molar-refractivity contribution in [1.29, 1.82) is 0 Å². The molecule has 0 aliphatic carbocycles. The predicted molar refractivity (Wildman–Crippen MR) is 123 cm³/mol. The van der Waals surface area contributed by atoms with Crippen LogP contribution < -0.4 is 10.0 Å². The van der Waals surface area contributed by atoms with Crippen LogP contribution in [-0.2, 0) is 28.0 Å². The highest BCUT2D eigenvalue weighted by Crippen LogP contribution is 2.67. The van der Waals surface area contributed by atoms with Gasteiger partial charge in [0.2, 0.25) is 5.34 Å². The lowest BCUT2D eigenvalue weighted by atomic mass is 9.99. The molecule has 0 aromatic heterocycles. The van der Waals surface area contributed by atoms with Crippen LogP contribution in [0.2, 0.25) is 0 Å². The van der Waals surface area contributed by atoms with E-state index in [-0.39, 0.29) is 12.4 Å². The number of rotatable bonds is 4. The Bertz CT molecular complexity index is 1160. The number of fused-ring (bicyclic) bond motifs is 1. The van der Waals surface area contributed by atoms with Crippen LogP contribution in [0, 0.1) is 11.6 Å². The van der Waals surface area contributed by atoms with E-state index < -0.39 is 60.3 Å². The fourth-order valence-corrected chi connectivity index (χ4v) is 7.71. The Balaban J connectivity index is 1.64. The highest BCUT2D eigenvalue weighted by atomic mass is 31.2. The molecule has 0 bridgehead atoms. The average Bonchev–Trinajstić information content (AvgIpc) is 3.33. The van der Waals surface area contributed by atoms with Crippen LogP contribution in [0.1, 0.15) is 34.6 Å². The summed E-state index contributed by atoms with van der Waals surface area (Å²) in [5.74, 6) is -4.03. The van der Waals surface area contributed by atoms with Crippen molar-refractivity contribution >= 4 is 12.7 Å². The molecule has 5 rings (SSSR count). The molecule has 0 amide bonds. The Labute approximate surface area is 203 Å². The lowest BCUT2D eigenvalue weighted by Gasteiger charge is -2.49. The Kier molecular flexibility index (Phi) is 5.91. The number of hydrogen-bond donors (Lipinski definition) is 0. The maximum atomic E-state index is 15.0. The zero-order valence-corrected chi connectivity index (χ0v) is 21.1. The Morgan fingerprint density at radius 3 is 2.23 bits per heavy atom. The van der Waals surface area contributed by atoms with Crippen LogP contribution in [0.3, 0.4) is 0 Å². The van der Waals surface area contributed by atoms with E-state index in [1.807, 2.05) is 0 Å². The second-order valence-electron chi connectivity index (χ2n) is 10.1. The molecule has 7 nitrogen and oxygen atoms in total. The minimum absolute atomic E-state index is 0.0155. The van der Waals surface area contributed by atoms with Crippen molar-refractivity contribution in [3.63, 3.8) is 0 Å². The van der Waals surface area contributed by atoms with Crippen molar-refractivity contribution in [1.82, 2.24) is 0 Å². The van der Waals surface area contributed by atoms with Crippen LogP contribution in [0.25, 0.3) is 0 Å². The highest BCUT2D eigenvalue weighted by molar-refractivity contribution is 7.68. The third-order valence-corrected chi connectivity index (χ3v) is 9.58. The van der Waals surface area contributed by atoms with Gasteiger partial charge in [-0.3, -0.25) is 4.57 Å². The van der Waals surface area contributed by atoms with E-state index in [1.165, 1.54) is 6.07 Å². The minimum Gasteiger partial charge on any atom is -0.474 e. The lowest BCUT2D eigenvalue weighted by Crippen LogP contribution is -2.62. The Morgan fingerprint density at radius 1 is 0.886 bits per heavy atom. The van der Waals surface area contributed by atoms with Gasteiger partial charge in [0.15, 0.2) is 23.2 Å². The summed E-state index contributed by atoms with van der Waals surface area (Å²) in [6.07, 6.45) is -3.03. The summed E-state index contributed by atoms with van der Waals surface area (Å²) in [4.78, 5) is 0. The van der Waals surface area contributed by atoms with Crippen LogP contribution in [0.15, 0.2) is 48.5 Å². The predicted octanol–water partition coefficient (Wildman–Crippen LogP) is 4.73. The van der Waals surface area contributed by atoms with E-state index in [0.717, 1.165) is 12.1 Å². The molecule has 2 aromatic carbocycles. The van der Waals surface area contributed by atoms with Gasteiger partial charge in [0.1, 0.15) is 30.2 Å². The molecule has 190 valence electrons. The fraction of sp³-hybridized carbons (Fsp3) is 0.520. The molecule has 3 fully saturated rings. The molecular formula is C25H29F2O7P. The van der Waals surface area contributed by atoms with E-state index in [1.54, 1.807) is 65.0 Å². The van der Waals surface area contributed by atoms with Crippen LogP contribution in [0.4, 0.5) is 8.78 Å². The standard InChI is InChI=1S/C25H29F2O7P/c1-23(2)29-14-19(31-23)20-21-22(33-24(3,4)32-21)25(5,30-15-11-12-17(26)18(27)13-15)35(28,34-20)16-9-7-6-8-10-16/h6-13,19-22H,14H2,1-5H3/t19-,20-,21+,22+,25-,35?/m1/s1. The first kappa shape index (κ1) is 24.8. The second-order valence-corrected chi connectivity index (χ2v) is 12.8. The highest BCUT2D eigenvalue weighted by Gasteiger charge is 2.70. The van der Waals surface area contributed by atoms with E-state index in [0.29, 0.717) is 5.30 Å². The van der Waals surface area contributed by atoms with Gasteiger partial charge >= 0.3 is 0 Å². The van der Waals surface area contributed by atoms with Gasteiger partial charge in [-0.25, -0.2) is 8.78 Å². The minimum atomic E-state index is -3.94. The van der Waals surface area contributed by atoms with Crippen molar-refractivity contribution in [2.45, 2.75) is 76.0 Å². The summed E-state index contributed by atoms with van der Waals surface area (Å²) in [5, 5.41) is -1.26. The molecule has 3 saturated heterocycles. The normalized spacial score (nSPS) is 37.7. The molecule has 3 aliphatic rings. The zero-order chi connectivity index (χ0) is 25.2. The van der Waals surface area contributed by atoms with Crippen LogP contribution in [0.5, 0.6) is 5.75 Å². The fourth-order valence-electron chi connectivity index (χ4n) is 4.94. The molecule has 0 saturated carbocycles. The summed E-state index contributed by atoms with van der Waals surface area (Å²) in [5.41, 5.74) is 0. The summed E-state index contributed by atoms with van der Waals surface area (Å²) < 4.78 is 79.7. The molecule has 1 unspecified atom stereocenters. The average molecular weight is 510 g/mol. The largest absolute Gasteiger partial charge is 0.474 e. The van der Waals surface area contributed by atoms with Crippen molar-refractivity contribution < 1.29 is 41.6 Å². The van der Waals surface area contributed by atoms with Crippen LogP contribution >= 0.6 is 7.37 Å². The molecule has 2 aromatic rings. The lowest BCUT2D eigenvalue weighted by molar-refractivity contribution is -0.174. The second kappa shape index (κ2) is 8.33. The number of halogens is 2. The van der Waals surface area contributed by atoms with Gasteiger partial charge in [-0.05, 0) is 58.9 Å². The van der Waals surface area contributed by atoms with E-state index in [9.17, 15) is 13.3 Å². The monoisotopic (exact) mass is 510 g/mol. The van der Waals surface area contributed by atoms with Gasteiger partial charge in [-0.2, -0.15) is 0 Å². The molecule has 35 heavy (non-hydrogen) atoms. The molecule has 0 spiro atoms. The molecule has 6 atom stereocenters. The van der Waals surface area contributed by atoms with Crippen LogP contribution in [-0.4, -0.2) is 47.9 Å². The molecule has 0 N–H and O–H groups in total. The van der Waals surface area contributed by atoms with E-state index in [4.69, 9.17) is 28.2 Å². The van der Waals surface area contributed by atoms with Gasteiger partial charge in [0.25, 0.3) is 7.37 Å². The van der Waals surface area contributed by atoms with Gasteiger partial charge in [0, 0.05) is 11.4 Å². The van der Waals surface area contributed by atoms with Crippen molar-refractivity contribution in [3.05, 3.63) is 60.2 Å². The summed E-state index contributed by atoms with van der Waals surface area (Å²) in [6.45, 7) is 8.86. The first-order valence-corrected chi connectivity index (χ1v) is 13.1. The summed E-state index contributed by atoms with van der Waals surface area (Å²) >= 11 is 0. The molecule has 3 heterocycles. The Hall–Kier alpha value is -1.87. The quantitative estimate of drug-likeness (QED) is 0.551. The summed E-state index contributed by atoms with van der Waals surface area (Å²) in [6, 6.07) is 11.8. The number of hydrogen-bond acceptors (Lipinski definition) is 7. The van der Waals surface area contributed by atoms with Gasteiger partial charge < -0.3 is 28.2 Å². The molecule has 0 radical (unpaired) electrons. The maximum Gasteiger partial charge on any atom is 0.277 e. The van der Waals surface area contributed by atoms with Gasteiger partial charge in [0.05, 0.1) is 6.61 Å². The SMILES string of the molecule is CC1(C)OC[C@H]([C@H]2OP(=O)(c3ccccc3)[C@@](C)(Oc3ccc(F)c(F)c3)[C@H]3OC(C)(C)O[C@@H]23)O1. The first-order valence-electron chi connectivity index (χ1n) is 11.5. The smallest absolute Gasteiger partial charge is 0.277 e. The molecule has 10 heteroatoms. The summed E-state index contributed by atoms with van der Waals surface area (Å²) in [7, 11) is -3.94. The maximum absolute atomic E-state index is 15.0. The third-order valence-electron chi connectivity index (χ3n) is 6.54. The van der Waals surface area contributed by atoms with Crippen molar-refractivity contribution in [2.24, 2.45) is 0 Å². The first-order chi connectivity index (χ1) is 16.3. The third kappa shape index (κ3) is 4.22.